The number of piperidine rings is 1. The summed E-state index contributed by atoms with van der Waals surface area (Å²) >= 11 is 0. The number of aromatic nitrogens is 2. The van der Waals surface area contributed by atoms with Crippen molar-refractivity contribution in [3.8, 4) is 0 Å². The molecule has 1 aliphatic rings. The number of benzene rings is 1. The van der Waals surface area contributed by atoms with E-state index in [9.17, 15) is 4.21 Å². The van der Waals surface area contributed by atoms with Gasteiger partial charge in [0.2, 0.25) is 0 Å². The zero-order valence-corrected chi connectivity index (χ0v) is 14.9. The van der Waals surface area contributed by atoms with Crippen LogP contribution in [-0.2, 0) is 10.8 Å². The van der Waals surface area contributed by atoms with Gasteiger partial charge < -0.3 is 9.80 Å². The van der Waals surface area contributed by atoms with E-state index >= 15 is 0 Å². The Kier molecular flexibility index (Phi) is 5.93. The van der Waals surface area contributed by atoms with Gasteiger partial charge in [0, 0.05) is 42.5 Å². The van der Waals surface area contributed by atoms with Crippen LogP contribution in [-0.4, -0.2) is 57.8 Å². The summed E-state index contributed by atoms with van der Waals surface area (Å²) in [5.41, 5.74) is 0. The van der Waals surface area contributed by atoms with Gasteiger partial charge in [-0.3, -0.25) is 4.21 Å². The molecular formula is C18H24N4OS. The molecule has 0 saturated carbocycles. The van der Waals surface area contributed by atoms with E-state index in [4.69, 9.17) is 0 Å². The first-order chi connectivity index (χ1) is 11.7. The zero-order chi connectivity index (χ0) is 16.8. The zero-order valence-electron chi connectivity index (χ0n) is 14.0. The lowest BCUT2D eigenvalue weighted by atomic mass is 10.0. The molecule has 5 nitrogen and oxygen atoms in total. The molecule has 0 radical (unpaired) electrons. The molecule has 0 bridgehead atoms. The molecule has 1 fully saturated rings. The van der Waals surface area contributed by atoms with Gasteiger partial charge in [0.1, 0.15) is 0 Å². The van der Waals surface area contributed by atoms with E-state index in [1.807, 2.05) is 42.5 Å². The molecule has 3 rings (SSSR count). The third-order valence-electron chi connectivity index (χ3n) is 4.54. The van der Waals surface area contributed by atoms with Gasteiger partial charge in [-0.2, -0.15) is 5.10 Å². The smallest absolute Gasteiger partial charge is 0.151 e. The Morgan fingerprint density at radius 3 is 2.83 bits per heavy atom. The highest BCUT2D eigenvalue weighted by Crippen LogP contribution is 2.19. The molecular weight excluding hydrogens is 320 g/mol. The summed E-state index contributed by atoms with van der Waals surface area (Å²) in [6, 6.07) is 14.1. The Hall–Kier alpha value is -1.79. The fourth-order valence-electron chi connectivity index (χ4n) is 3.08. The predicted molar refractivity (Wildman–Crippen MR) is 97.6 cm³/mol. The lowest BCUT2D eigenvalue weighted by molar-refractivity contribution is 0.226. The van der Waals surface area contributed by atoms with Crippen LogP contribution in [0.5, 0.6) is 0 Å². The molecule has 0 spiro atoms. The van der Waals surface area contributed by atoms with Gasteiger partial charge in [-0.25, -0.2) is 0 Å². The van der Waals surface area contributed by atoms with Crippen molar-refractivity contribution < 1.29 is 4.21 Å². The molecule has 0 unspecified atom stereocenters. The van der Waals surface area contributed by atoms with Crippen LogP contribution in [0, 0.1) is 0 Å². The first-order valence-electron chi connectivity index (χ1n) is 8.40. The van der Waals surface area contributed by atoms with Crippen LogP contribution in [0.4, 0.5) is 5.82 Å². The average molecular weight is 344 g/mol. The molecule has 2 heterocycles. The standard InChI is InChI=1S/C18H24N4OS/c1-21(13-14-24(23)17-8-3-2-4-9-17)16-7-6-12-22(15-16)18-10-5-11-19-20-18/h2-5,8-11,16H,6-7,12-15H2,1H3/t16-,24-/m1/s1. The topological polar surface area (TPSA) is 49.3 Å². The number of hydrogen-bond acceptors (Lipinski definition) is 5. The minimum atomic E-state index is -0.931. The molecule has 0 amide bonds. The SMILES string of the molecule is CN(CC[S@@](=O)c1ccccc1)[C@@H]1CCCN(c2cccnn2)C1. The second-order valence-electron chi connectivity index (χ2n) is 6.17. The fourth-order valence-corrected chi connectivity index (χ4v) is 4.23. The van der Waals surface area contributed by atoms with Crippen molar-refractivity contribution in [1.29, 1.82) is 0 Å². The van der Waals surface area contributed by atoms with Crippen molar-refractivity contribution in [3.63, 3.8) is 0 Å². The summed E-state index contributed by atoms with van der Waals surface area (Å²) in [6.07, 6.45) is 4.02. The average Bonchev–Trinajstić information content (AvgIpc) is 2.67. The fraction of sp³-hybridized carbons (Fsp3) is 0.444. The Balaban J connectivity index is 1.53. The Bertz CT molecular complexity index is 653. The van der Waals surface area contributed by atoms with E-state index < -0.39 is 10.8 Å². The molecule has 6 heteroatoms. The van der Waals surface area contributed by atoms with Crippen molar-refractivity contribution in [2.24, 2.45) is 0 Å². The number of rotatable bonds is 6. The monoisotopic (exact) mass is 344 g/mol. The molecule has 2 atom stereocenters. The number of anilines is 1. The molecule has 0 aliphatic carbocycles. The van der Waals surface area contributed by atoms with Gasteiger partial charge in [-0.1, -0.05) is 18.2 Å². The lowest BCUT2D eigenvalue weighted by Crippen LogP contribution is -2.47. The molecule has 128 valence electrons. The number of hydrogen-bond donors (Lipinski definition) is 0. The van der Waals surface area contributed by atoms with Gasteiger partial charge in [0.05, 0.1) is 10.8 Å². The maximum Gasteiger partial charge on any atom is 0.151 e. The minimum absolute atomic E-state index is 0.466. The molecule has 24 heavy (non-hydrogen) atoms. The van der Waals surface area contributed by atoms with Crippen molar-refractivity contribution in [2.45, 2.75) is 23.8 Å². The Morgan fingerprint density at radius 2 is 2.08 bits per heavy atom. The Morgan fingerprint density at radius 1 is 1.25 bits per heavy atom. The number of likely N-dealkylation sites (N-methyl/N-ethyl adjacent to an activating group) is 1. The summed E-state index contributed by atoms with van der Waals surface area (Å²) in [4.78, 5) is 5.55. The van der Waals surface area contributed by atoms with Crippen LogP contribution in [0.15, 0.2) is 53.6 Å². The van der Waals surface area contributed by atoms with Gasteiger partial charge in [-0.15, -0.1) is 5.10 Å². The maximum absolute atomic E-state index is 12.4. The third kappa shape index (κ3) is 4.39. The summed E-state index contributed by atoms with van der Waals surface area (Å²) in [5, 5.41) is 8.20. The highest BCUT2D eigenvalue weighted by molar-refractivity contribution is 7.85. The van der Waals surface area contributed by atoms with Crippen molar-refractivity contribution in [3.05, 3.63) is 48.7 Å². The van der Waals surface area contributed by atoms with Gasteiger partial charge >= 0.3 is 0 Å². The molecule has 0 N–H and O–H groups in total. The van der Waals surface area contributed by atoms with E-state index in [0.717, 1.165) is 36.8 Å². The normalized spacial score (nSPS) is 19.4. The largest absolute Gasteiger partial charge is 0.354 e. The molecule has 1 aliphatic heterocycles. The van der Waals surface area contributed by atoms with Crippen LogP contribution < -0.4 is 4.90 Å². The molecule has 1 saturated heterocycles. The van der Waals surface area contributed by atoms with E-state index in [-0.39, 0.29) is 0 Å². The van der Waals surface area contributed by atoms with Crippen LogP contribution >= 0.6 is 0 Å². The number of nitrogens with zero attached hydrogens (tertiary/aromatic N) is 4. The van der Waals surface area contributed by atoms with Crippen molar-refractivity contribution in [2.75, 3.05) is 37.3 Å². The summed E-state index contributed by atoms with van der Waals surface area (Å²) < 4.78 is 12.4. The van der Waals surface area contributed by atoms with Crippen molar-refractivity contribution in [1.82, 2.24) is 15.1 Å². The van der Waals surface area contributed by atoms with E-state index in [1.165, 1.54) is 6.42 Å². The summed E-state index contributed by atoms with van der Waals surface area (Å²) in [6.45, 7) is 2.81. The minimum Gasteiger partial charge on any atom is -0.354 e. The molecule has 1 aromatic heterocycles. The van der Waals surface area contributed by atoms with Crippen molar-refractivity contribution >= 4 is 16.6 Å². The highest BCUT2D eigenvalue weighted by Gasteiger charge is 2.24. The first-order valence-corrected chi connectivity index (χ1v) is 9.72. The van der Waals surface area contributed by atoms with E-state index in [1.54, 1.807) is 6.20 Å². The quantitative estimate of drug-likeness (QED) is 0.804. The second-order valence-corrected chi connectivity index (χ2v) is 7.74. The van der Waals surface area contributed by atoms with Crippen LogP contribution in [0.2, 0.25) is 0 Å². The van der Waals surface area contributed by atoms with Crippen LogP contribution in [0.3, 0.4) is 0 Å². The molecule has 1 aromatic carbocycles. The molecule has 2 aromatic rings. The van der Waals surface area contributed by atoms with E-state index in [2.05, 4.69) is 27.0 Å². The second kappa shape index (κ2) is 8.35. The van der Waals surface area contributed by atoms with Crippen LogP contribution in [0.25, 0.3) is 0 Å². The van der Waals surface area contributed by atoms with Gasteiger partial charge in [0.15, 0.2) is 5.82 Å². The van der Waals surface area contributed by atoms with Gasteiger partial charge in [0.25, 0.3) is 0 Å². The lowest BCUT2D eigenvalue weighted by Gasteiger charge is -2.38. The third-order valence-corrected chi connectivity index (χ3v) is 5.89. The van der Waals surface area contributed by atoms with Crippen LogP contribution in [0.1, 0.15) is 12.8 Å². The van der Waals surface area contributed by atoms with E-state index in [0.29, 0.717) is 11.8 Å². The summed E-state index contributed by atoms with van der Waals surface area (Å²) in [5.74, 6) is 1.62. The Labute approximate surface area is 146 Å². The van der Waals surface area contributed by atoms with Gasteiger partial charge in [-0.05, 0) is 44.2 Å². The highest BCUT2D eigenvalue weighted by atomic mass is 32.2. The predicted octanol–water partition coefficient (Wildman–Crippen LogP) is 2.19. The first kappa shape index (κ1) is 17.0. The summed E-state index contributed by atoms with van der Waals surface area (Å²) in [7, 11) is 1.20. The maximum atomic E-state index is 12.4.